The summed E-state index contributed by atoms with van der Waals surface area (Å²) in [5, 5.41) is 3.00. The molecule has 0 atom stereocenters. The average Bonchev–Trinajstić information content (AvgIpc) is 2.38. The number of nitrogens with zero attached hydrogens (tertiary/aromatic N) is 1. The van der Waals surface area contributed by atoms with Crippen LogP contribution < -0.4 is 5.32 Å². The fraction of sp³-hybridized carbons (Fsp3) is 0.0769. The first kappa shape index (κ1) is 12.5. The molecule has 3 nitrogen and oxygen atoms in total. The normalized spacial score (nSPS) is 10.1. The van der Waals surface area contributed by atoms with Gasteiger partial charge in [0, 0.05) is 18.9 Å². The van der Waals surface area contributed by atoms with Crippen LogP contribution in [0.2, 0.25) is 5.02 Å². The molecule has 1 amide bonds. The van der Waals surface area contributed by atoms with E-state index in [4.69, 9.17) is 11.6 Å². The summed E-state index contributed by atoms with van der Waals surface area (Å²) >= 11 is 5.85. The van der Waals surface area contributed by atoms with Crippen molar-refractivity contribution in [3.8, 4) is 0 Å². The monoisotopic (exact) mass is 264 g/mol. The highest BCUT2D eigenvalue weighted by molar-refractivity contribution is 6.33. The van der Waals surface area contributed by atoms with Crippen LogP contribution in [0.15, 0.2) is 42.7 Å². The Hall–Kier alpha value is -1.94. The van der Waals surface area contributed by atoms with Gasteiger partial charge in [-0.15, -0.1) is 0 Å². The summed E-state index contributed by atoms with van der Waals surface area (Å²) in [6, 6.07) is 7.47. The average molecular weight is 265 g/mol. The summed E-state index contributed by atoms with van der Waals surface area (Å²) < 4.78 is 12.7. The van der Waals surface area contributed by atoms with Crippen molar-refractivity contribution >= 4 is 17.5 Å². The highest BCUT2D eigenvalue weighted by atomic mass is 35.5. The van der Waals surface area contributed by atoms with E-state index in [1.807, 2.05) is 0 Å². The fourth-order valence-electron chi connectivity index (χ4n) is 1.44. The minimum absolute atomic E-state index is 0.285. The molecule has 5 heteroatoms. The zero-order valence-electron chi connectivity index (χ0n) is 9.36. The maximum Gasteiger partial charge on any atom is 0.253 e. The highest BCUT2D eigenvalue weighted by Crippen LogP contribution is 2.13. The minimum atomic E-state index is -0.303. The molecule has 2 aromatic rings. The summed E-state index contributed by atoms with van der Waals surface area (Å²) in [4.78, 5) is 15.6. The van der Waals surface area contributed by atoms with E-state index in [2.05, 4.69) is 10.3 Å². The van der Waals surface area contributed by atoms with Gasteiger partial charge in [-0.05, 0) is 23.8 Å². The van der Waals surface area contributed by atoms with Crippen LogP contribution in [0.5, 0.6) is 0 Å². The Kier molecular flexibility index (Phi) is 3.89. The molecule has 0 spiro atoms. The Balaban J connectivity index is 2.01. The molecule has 0 radical (unpaired) electrons. The molecule has 0 aliphatic carbocycles. The van der Waals surface area contributed by atoms with E-state index >= 15 is 0 Å². The quantitative estimate of drug-likeness (QED) is 0.926. The van der Waals surface area contributed by atoms with Crippen LogP contribution >= 0.6 is 11.6 Å². The van der Waals surface area contributed by atoms with Crippen LogP contribution in [-0.2, 0) is 6.54 Å². The number of benzene rings is 1. The smallest absolute Gasteiger partial charge is 0.253 e. The second-order valence-electron chi connectivity index (χ2n) is 3.66. The maximum atomic E-state index is 12.7. The molecule has 0 fully saturated rings. The van der Waals surface area contributed by atoms with Gasteiger partial charge < -0.3 is 5.32 Å². The molecule has 1 aromatic carbocycles. The van der Waals surface area contributed by atoms with Gasteiger partial charge in [-0.2, -0.15) is 0 Å². The van der Waals surface area contributed by atoms with Gasteiger partial charge >= 0.3 is 0 Å². The lowest BCUT2D eigenvalue weighted by molar-refractivity contribution is 0.0951. The Morgan fingerprint density at radius 3 is 2.67 bits per heavy atom. The molecule has 0 unspecified atom stereocenters. The maximum absolute atomic E-state index is 12.7. The first-order valence-corrected chi connectivity index (χ1v) is 5.67. The molecule has 0 bridgehead atoms. The van der Waals surface area contributed by atoms with E-state index in [9.17, 15) is 9.18 Å². The van der Waals surface area contributed by atoms with Crippen LogP contribution in [0.1, 0.15) is 15.9 Å². The highest BCUT2D eigenvalue weighted by Gasteiger charge is 2.09. The van der Waals surface area contributed by atoms with Crippen molar-refractivity contribution < 1.29 is 9.18 Å². The standard InChI is InChI=1S/C13H10ClFN2O/c14-12-8-16-6-5-11(12)13(18)17-7-9-1-3-10(15)4-2-9/h1-6,8H,7H2,(H,17,18). The van der Waals surface area contributed by atoms with E-state index in [-0.39, 0.29) is 11.7 Å². The molecule has 0 saturated heterocycles. The predicted octanol–water partition coefficient (Wildman–Crippen LogP) is 2.80. The van der Waals surface area contributed by atoms with Gasteiger partial charge in [0.1, 0.15) is 5.82 Å². The van der Waals surface area contributed by atoms with E-state index in [1.54, 1.807) is 18.2 Å². The SMILES string of the molecule is O=C(NCc1ccc(F)cc1)c1ccncc1Cl. The number of pyridine rings is 1. The number of hydrogen-bond acceptors (Lipinski definition) is 2. The van der Waals surface area contributed by atoms with E-state index in [0.29, 0.717) is 17.1 Å². The number of nitrogens with one attached hydrogen (secondary N) is 1. The third-order valence-electron chi connectivity index (χ3n) is 2.38. The third kappa shape index (κ3) is 3.05. The number of hydrogen-bond donors (Lipinski definition) is 1. The number of halogens is 2. The zero-order valence-corrected chi connectivity index (χ0v) is 10.1. The fourth-order valence-corrected chi connectivity index (χ4v) is 1.64. The van der Waals surface area contributed by atoms with Gasteiger partial charge in [0.05, 0.1) is 10.6 Å². The lowest BCUT2D eigenvalue weighted by atomic mass is 10.2. The van der Waals surface area contributed by atoms with Crippen LogP contribution in [0.4, 0.5) is 4.39 Å². The molecule has 92 valence electrons. The molecule has 1 N–H and O–H groups in total. The third-order valence-corrected chi connectivity index (χ3v) is 2.68. The number of rotatable bonds is 3. The number of carbonyl (C=O) groups excluding carboxylic acids is 1. The topological polar surface area (TPSA) is 42.0 Å². The molecule has 18 heavy (non-hydrogen) atoms. The van der Waals surface area contributed by atoms with Crippen molar-refractivity contribution in [3.05, 3.63) is 64.7 Å². The van der Waals surface area contributed by atoms with Crippen LogP contribution in [0, 0.1) is 5.82 Å². The molecular weight excluding hydrogens is 255 g/mol. The van der Waals surface area contributed by atoms with Gasteiger partial charge in [-0.1, -0.05) is 23.7 Å². The van der Waals surface area contributed by atoms with E-state index in [0.717, 1.165) is 5.56 Å². The van der Waals surface area contributed by atoms with Crippen LogP contribution in [0.25, 0.3) is 0 Å². The van der Waals surface area contributed by atoms with Crippen LogP contribution in [0.3, 0.4) is 0 Å². The number of amides is 1. The van der Waals surface area contributed by atoms with E-state index in [1.165, 1.54) is 24.5 Å². The van der Waals surface area contributed by atoms with E-state index < -0.39 is 0 Å². The van der Waals surface area contributed by atoms with Gasteiger partial charge in [-0.3, -0.25) is 9.78 Å². The Morgan fingerprint density at radius 2 is 2.00 bits per heavy atom. The van der Waals surface area contributed by atoms with Crippen molar-refractivity contribution in [2.75, 3.05) is 0 Å². The van der Waals surface area contributed by atoms with Crippen LogP contribution in [-0.4, -0.2) is 10.9 Å². The molecule has 0 aliphatic heterocycles. The summed E-state index contributed by atoms with van der Waals surface area (Å²) in [6.07, 6.45) is 2.91. The molecule has 2 rings (SSSR count). The first-order chi connectivity index (χ1) is 8.66. The largest absolute Gasteiger partial charge is 0.348 e. The summed E-state index contributed by atoms with van der Waals surface area (Å²) in [7, 11) is 0. The first-order valence-electron chi connectivity index (χ1n) is 5.29. The van der Waals surface area contributed by atoms with Gasteiger partial charge in [0.15, 0.2) is 0 Å². The second kappa shape index (κ2) is 5.60. The zero-order chi connectivity index (χ0) is 13.0. The van der Waals surface area contributed by atoms with Gasteiger partial charge in [0.2, 0.25) is 0 Å². The summed E-state index contributed by atoms with van der Waals surface area (Å²) in [5.74, 6) is -0.589. The van der Waals surface area contributed by atoms with Gasteiger partial charge in [0.25, 0.3) is 5.91 Å². The van der Waals surface area contributed by atoms with Gasteiger partial charge in [-0.25, -0.2) is 4.39 Å². The van der Waals surface area contributed by atoms with Crippen molar-refractivity contribution in [3.63, 3.8) is 0 Å². The molecule has 1 aromatic heterocycles. The van der Waals surface area contributed by atoms with Crippen molar-refractivity contribution in [1.29, 1.82) is 0 Å². The second-order valence-corrected chi connectivity index (χ2v) is 4.07. The van der Waals surface area contributed by atoms with Crippen molar-refractivity contribution in [2.24, 2.45) is 0 Å². The molecule has 1 heterocycles. The Bertz CT molecular complexity index is 557. The summed E-state index contributed by atoms with van der Waals surface area (Å²) in [6.45, 7) is 0.317. The number of carbonyl (C=O) groups is 1. The lowest BCUT2D eigenvalue weighted by Crippen LogP contribution is -2.23. The number of aromatic nitrogens is 1. The lowest BCUT2D eigenvalue weighted by Gasteiger charge is -2.06. The molecule has 0 saturated carbocycles. The predicted molar refractivity (Wildman–Crippen MR) is 66.8 cm³/mol. The minimum Gasteiger partial charge on any atom is -0.348 e. The Labute approximate surface area is 109 Å². The molecule has 0 aliphatic rings. The Morgan fingerprint density at radius 1 is 1.28 bits per heavy atom. The molecular formula is C13H10ClFN2O. The summed E-state index contributed by atoms with van der Waals surface area (Å²) in [5.41, 5.74) is 1.18. The van der Waals surface area contributed by atoms with Crippen molar-refractivity contribution in [1.82, 2.24) is 10.3 Å². The van der Waals surface area contributed by atoms with Crippen molar-refractivity contribution in [2.45, 2.75) is 6.54 Å².